The van der Waals surface area contributed by atoms with Gasteiger partial charge in [0.25, 0.3) is 0 Å². The van der Waals surface area contributed by atoms with Crippen molar-refractivity contribution in [3.63, 3.8) is 0 Å². The van der Waals surface area contributed by atoms with Crippen LogP contribution in [-0.4, -0.2) is 86.4 Å². The van der Waals surface area contributed by atoms with Gasteiger partial charge in [-0.2, -0.15) is 0 Å². The fraction of sp³-hybridized carbons (Fsp3) is 1.00. The minimum atomic E-state index is -2.09. The number of hydrogen-bond donors (Lipinski definition) is 0. The Morgan fingerprint density at radius 3 is 1.37 bits per heavy atom. The Labute approximate surface area is 121 Å². The number of nitrogens with zero attached hydrogens (tertiary/aromatic N) is 4. The highest BCUT2D eigenvalue weighted by molar-refractivity contribution is 7.33. The number of rotatable bonds is 4. The molecule has 0 aromatic carbocycles. The van der Waals surface area contributed by atoms with Crippen LogP contribution in [0.3, 0.4) is 0 Å². The Kier molecular flexibility index (Phi) is 7.64. The highest BCUT2D eigenvalue weighted by Gasteiger charge is 2.32. The second-order valence-corrected chi connectivity index (χ2v) is 5.63. The lowest BCUT2D eigenvalue weighted by Gasteiger charge is -2.28. The van der Waals surface area contributed by atoms with Crippen molar-refractivity contribution >= 4 is 20.7 Å². The van der Waals surface area contributed by atoms with Crippen LogP contribution in [-0.2, 0) is 13.8 Å². The quantitative estimate of drug-likeness (QED) is 0.697. The van der Waals surface area contributed by atoms with Crippen LogP contribution in [0.15, 0.2) is 0 Å². The average molecular weight is 314 g/mol. The van der Waals surface area contributed by atoms with E-state index < -0.39 is 8.25 Å². The molecule has 7 nitrogen and oxygen atoms in total. The van der Waals surface area contributed by atoms with Crippen molar-refractivity contribution < 1.29 is 13.8 Å². The van der Waals surface area contributed by atoms with Crippen LogP contribution in [0.5, 0.6) is 0 Å². The van der Waals surface area contributed by atoms with Gasteiger partial charge in [0, 0.05) is 56.9 Å². The van der Waals surface area contributed by atoms with E-state index in [0.717, 1.165) is 52.4 Å². The van der Waals surface area contributed by atoms with Gasteiger partial charge in [0.1, 0.15) is 0 Å². The van der Waals surface area contributed by atoms with E-state index in [1.54, 1.807) is 10.1 Å². The first-order chi connectivity index (χ1) is 8.63. The van der Waals surface area contributed by atoms with Crippen molar-refractivity contribution in [1.82, 2.24) is 19.9 Å². The molecule has 2 saturated heterocycles. The maximum absolute atomic E-state index is 11.7. The van der Waals surface area contributed by atoms with Crippen LogP contribution < -0.4 is 0 Å². The fourth-order valence-corrected chi connectivity index (χ4v) is 2.68. The molecule has 2 aliphatic heterocycles. The maximum atomic E-state index is 11.7. The van der Waals surface area contributed by atoms with Crippen LogP contribution in [0.25, 0.3) is 0 Å². The third kappa shape index (κ3) is 5.97. The van der Waals surface area contributed by atoms with Crippen molar-refractivity contribution in [3.8, 4) is 0 Å². The standard InChI is InChI=1S/C10H22N4O3P.ClH/c1-11-3-7-13(8-4-11)16-18(15)17-14-9-5-12(2)6-10-14;/h3-10H2,1-2H3;1H/q+1;. The molecule has 0 aromatic rings. The summed E-state index contributed by atoms with van der Waals surface area (Å²) in [7, 11) is 2.05. The Hall–Kier alpha value is 0.150. The molecule has 0 unspecified atom stereocenters. The van der Waals surface area contributed by atoms with E-state index in [1.165, 1.54) is 0 Å². The van der Waals surface area contributed by atoms with Gasteiger partial charge in [-0.1, -0.05) is 0 Å². The Morgan fingerprint density at radius 1 is 0.737 bits per heavy atom. The van der Waals surface area contributed by atoms with Crippen molar-refractivity contribution in [2.75, 3.05) is 66.5 Å². The molecule has 0 aliphatic carbocycles. The number of halogens is 1. The van der Waals surface area contributed by atoms with Crippen molar-refractivity contribution in [2.45, 2.75) is 0 Å². The summed E-state index contributed by atoms with van der Waals surface area (Å²) in [4.78, 5) is 4.43. The van der Waals surface area contributed by atoms with Gasteiger partial charge in [-0.05, 0) is 23.3 Å². The molecule has 9 heteroatoms. The smallest absolute Gasteiger partial charge is 0.304 e. The van der Waals surface area contributed by atoms with Gasteiger partial charge < -0.3 is 9.80 Å². The summed E-state index contributed by atoms with van der Waals surface area (Å²) in [6.07, 6.45) is 0. The highest BCUT2D eigenvalue weighted by atomic mass is 35.5. The summed E-state index contributed by atoms with van der Waals surface area (Å²) in [5, 5.41) is 3.46. The predicted molar refractivity (Wildman–Crippen MR) is 75.2 cm³/mol. The summed E-state index contributed by atoms with van der Waals surface area (Å²) < 4.78 is 22.4. The van der Waals surface area contributed by atoms with E-state index in [1.807, 2.05) is 0 Å². The van der Waals surface area contributed by atoms with Gasteiger partial charge in [0.05, 0.1) is 0 Å². The zero-order valence-corrected chi connectivity index (χ0v) is 13.2. The first-order valence-electron chi connectivity index (χ1n) is 6.34. The molecule has 0 aromatic heterocycles. The zero-order valence-electron chi connectivity index (χ0n) is 11.5. The van der Waals surface area contributed by atoms with Gasteiger partial charge in [-0.25, -0.2) is 0 Å². The molecule has 0 N–H and O–H groups in total. The Balaban J connectivity index is 0.00000180. The van der Waals surface area contributed by atoms with Crippen molar-refractivity contribution in [2.24, 2.45) is 0 Å². The molecule has 2 rings (SSSR count). The second kappa shape index (κ2) is 8.44. The first-order valence-corrected chi connectivity index (χ1v) is 7.43. The lowest BCUT2D eigenvalue weighted by atomic mass is 10.4. The van der Waals surface area contributed by atoms with E-state index in [-0.39, 0.29) is 12.4 Å². The van der Waals surface area contributed by atoms with E-state index in [4.69, 9.17) is 9.25 Å². The number of hydroxylamine groups is 4. The van der Waals surface area contributed by atoms with Gasteiger partial charge in [-0.3, -0.25) is 0 Å². The number of hydrogen-bond acceptors (Lipinski definition) is 7. The van der Waals surface area contributed by atoms with E-state index >= 15 is 0 Å². The molecule has 2 aliphatic rings. The van der Waals surface area contributed by atoms with Crippen LogP contribution in [0, 0.1) is 0 Å². The van der Waals surface area contributed by atoms with Gasteiger partial charge >= 0.3 is 8.25 Å². The minimum Gasteiger partial charge on any atom is -0.304 e. The molecule has 0 radical (unpaired) electrons. The zero-order chi connectivity index (χ0) is 13.0. The molecule has 0 bridgehead atoms. The van der Waals surface area contributed by atoms with Crippen molar-refractivity contribution in [3.05, 3.63) is 0 Å². The van der Waals surface area contributed by atoms with Gasteiger partial charge in [0.15, 0.2) is 0 Å². The minimum absolute atomic E-state index is 0. The summed E-state index contributed by atoms with van der Waals surface area (Å²) in [6, 6.07) is 0. The molecule has 2 fully saturated rings. The summed E-state index contributed by atoms with van der Waals surface area (Å²) in [5.74, 6) is 0. The van der Waals surface area contributed by atoms with E-state index in [2.05, 4.69) is 23.9 Å². The molecule has 0 saturated carbocycles. The van der Waals surface area contributed by atoms with Crippen LogP contribution in [0.4, 0.5) is 0 Å². The van der Waals surface area contributed by atoms with E-state index in [0.29, 0.717) is 0 Å². The maximum Gasteiger partial charge on any atom is 0.735 e. The van der Waals surface area contributed by atoms with Gasteiger partial charge in [0.2, 0.25) is 0 Å². The average Bonchev–Trinajstić information content (AvgIpc) is 2.35. The molecule has 112 valence electrons. The van der Waals surface area contributed by atoms with Crippen LogP contribution >= 0.6 is 20.7 Å². The lowest BCUT2D eigenvalue weighted by Crippen LogP contribution is -2.44. The number of likely N-dealkylation sites (N-methyl/N-ethyl adjacent to an activating group) is 2. The van der Waals surface area contributed by atoms with Crippen LogP contribution in [0.1, 0.15) is 0 Å². The Morgan fingerprint density at radius 2 is 1.05 bits per heavy atom. The molecule has 19 heavy (non-hydrogen) atoms. The molecule has 0 spiro atoms. The largest absolute Gasteiger partial charge is 0.735 e. The monoisotopic (exact) mass is 313 g/mol. The molecule has 2 heterocycles. The molecular weight excluding hydrogens is 291 g/mol. The Bertz CT molecular complexity index is 258. The predicted octanol–water partition coefficient (Wildman–Crippen LogP) is 0.424. The molecule has 0 atom stereocenters. The van der Waals surface area contributed by atoms with Crippen LogP contribution in [0.2, 0.25) is 0 Å². The lowest BCUT2D eigenvalue weighted by molar-refractivity contribution is -0.134. The number of piperazine rings is 2. The third-order valence-corrected chi connectivity index (χ3v) is 4.02. The topological polar surface area (TPSA) is 48.5 Å². The molecule has 0 amide bonds. The normalized spacial score (nSPS) is 24.1. The molecular formula is C10H23ClN4O3P+. The van der Waals surface area contributed by atoms with Gasteiger partial charge in [-0.15, -0.1) is 22.5 Å². The second-order valence-electron chi connectivity index (χ2n) is 4.85. The highest BCUT2D eigenvalue weighted by Crippen LogP contribution is 2.28. The fourth-order valence-electron chi connectivity index (χ4n) is 1.94. The van der Waals surface area contributed by atoms with Crippen molar-refractivity contribution in [1.29, 1.82) is 0 Å². The third-order valence-electron chi connectivity index (χ3n) is 3.29. The van der Waals surface area contributed by atoms with E-state index in [9.17, 15) is 4.57 Å². The summed E-state index contributed by atoms with van der Waals surface area (Å²) in [6.45, 7) is 6.78. The SMILES string of the molecule is CN1CCN(O[P+](=O)ON2CCN(C)CC2)CC1.Cl. The first kappa shape index (κ1) is 17.2. The summed E-state index contributed by atoms with van der Waals surface area (Å²) in [5.41, 5.74) is 0. The summed E-state index contributed by atoms with van der Waals surface area (Å²) >= 11 is 0.